The number of rotatable bonds is 6. The summed E-state index contributed by atoms with van der Waals surface area (Å²) in [7, 11) is 0. The molecule has 0 amide bonds. The molecule has 8 heteroatoms. The van der Waals surface area contributed by atoms with Crippen molar-refractivity contribution >= 4 is 34.3 Å². The predicted octanol–water partition coefficient (Wildman–Crippen LogP) is 4.77. The highest BCUT2D eigenvalue weighted by Gasteiger charge is 2.25. The molecule has 0 atom stereocenters. The van der Waals surface area contributed by atoms with E-state index in [1.807, 2.05) is 30.6 Å². The van der Waals surface area contributed by atoms with Gasteiger partial charge in [-0.2, -0.15) is 4.57 Å². The van der Waals surface area contributed by atoms with Gasteiger partial charge in [0.15, 0.2) is 23.1 Å². The van der Waals surface area contributed by atoms with Crippen LogP contribution in [-0.2, 0) is 12.0 Å². The minimum atomic E-state index is -0.485. The molecule has 160 valence electrons. The van der Waals surface area contributed by atoms with Gasteiger partial charge in [0.1, 0.15) is 5.76 Å². The SMILES string of the molecule is CC(C)(C)c1cc[n+](/C(C(=S)NCc2ccco2)=C(/O)c2ccc([N+](=O)[O-])cc2)cc1. The molecule has 3 aromatic rings. The molecule has 2 N–H and O–H groups in total. The first-order valence-electron chi connectivity index (χ1n) is 9.67. The summed E-state index contributed by atoms with van der Waals surface area (Å²) in [6.45, 7) is 6.71. The Balaban J connectivity index is 2.01. The minimum Gasteiger partial charge on any atom is -0.502 e. The summed E-state index contributed by atoms with van der Waals surface area (Å²) in [6.07, 6.45) is 5.24. The van der Waals surface area contributed by atoms with Crippen LogP contribution in [0.2, 0.25) is 0 Å². The molecule has 0 unspecified atom stereocenters. The molecule has 0 bridgehead atoms. The number of benzene rings is 1. The summed E-state index contributed by atoms with van der Waals surface area (Å²) >= 11 is 5.58. The molecule has 31 heavy (non-hydrogen) atoms. The molecule has 0 aliphatic rings. The minimum absolute atomic E-state index is 0.0264. The van der Waals surface area contributed by atoms with Crippen LogP contribution in [-0.4, -0.2) is 15.0 Å². The van der Waals surface area contributed by atoms with Crippen LogP contribution in [0.4, 0.5) is 5.69 Å². The normalized spacial score (nSPS) is 12.2. The van der Waals surface area contributed by atoms with E-state index < -0.39 is 4.92 Å². The quantitative estimate of drug-likeness (QED) is 0.144. The maximum absolute atomic E-state index is 11.1. The van der Waals surface area contributed by atoms with Crippen molar-refractivity contribution < 1.29 is 19.0 Å². The van der Waals surface area contributed by atoms with Gasteiger partial charge >= 0.3 is 0 Å². The van der Waals surface area contributed by atoms with Crippen molar-refractivity contribution in [3.05, 3.63) is 94.2 Å². The highest BCUT2D eigenvalue weighted by atomic mass is 32.1. The fourth-order valence-electron chi connectivity index (χ4n) is 2.96. The summed E-state index contributed by atoms with van der Waals surface area (Å²) in [5.74, 6) is 0.602. The maximum atomic E-state index is 11.1. The number of thiocarbonyl (C=S) groups is 1. The van der Waals surface area contributed by atoms with Crippen LogP contribution >= 0.6 is 12.2 Å². The molecule has 0 saturated heterocycles. The Hall–Kier alpha value is -3.52. The van der Waals surface area contributed by atoms with Gasteiger partial charge in [-0.05, 0) is 35.2 Å². The number of furan rings is 1. The van der Waals surface area contributed by atoms with E-state index in [-0.39, 0.29) is 16.9 Å². The Morgan fingerprint density at radius 3 is 2.32 bits per heavy atom. The molecule has 2 heterocycles. The van der Waals surface area contributed by atoms with Crippen molar-refractivity contribution in [2.45, 2.75) is 32.7 Å². The zero-order valence-corrected chi connectivity index (χ0v) is 18.3. The molecule has 0 spiro atoms. The second-order valence-electron chi connectivity index (χ2n) is 8.01. The van der Waals surface area contributed by atoms with Crippen LogP contribution in [0.3, 0.4) is 0 Å². The summed E-state index contributed by atoms with van der Waals surface area (Å²) < 4.78 is 7.06. The number of hydrogen-bond donors (Lipinski definition) is 2. The standard InChI is InChI=1S/C23H23N3O4S/c1-23(2,3)17-10-12-25(13-11-17)20(22(31)24-15-19-5-4-14-30-19)21(27)16-6-8-18(9-7-16)26(28)29/h4-14H,15H2,1-3H3,(H-,24,27,31)/p+1. The lowest BCUT2D eigenvalue weighted by atomic mass is 9.88. The van der Waals surface area contributed by atoms with Crippen LogP contribution in [0.1, 0.15) is 37.7 Å². The van der Waals surface area contributed by atoms with Gasteiger partial charge in [-0.25, -0.2) is 0 Å². The summed E-state index contributed by atoms with van der Waals surface area (Å²) in [6, 6.07) is 13.2. The van der Waals surface area contributed by atoms with E-state index in [9.17, 15) is 15.2 Å². The number of nitro groups is 1. The van der Waals surface area contributed by atoms with Crippen LogP contribution in [0, 0.1) is 10.1 Å². The van der Waals surface area contributed by atoms with E-state index >= 15 is 0 Å². The van der Waals surface area contributed by atoms with Gasteiger partial charge in [0.25, 0.3) is 11.4 Å². The van der Waals surface area contributed by atoms with Crippen molar-refractivity contribution in [3.8, 4) is 0 Å². The van der Waals surface area contributed by atoms with Crippen molar-refractivity contribution in [1.29, 1.82) is 0 Å². The molecular weight excluding hydrogens is 414 g/mol. The number of aliphatic hydroxyl groups excluding tert-OH is 1. The van der Waals surface area contributed by atoms with E-state index in [0.29, 0.717) is 28.6 Å². The number of non-ortho nitro benzene ring substituents is 1. The molecule has 0 saturated carbocycles. The van der Waals surface area contributed by atoms with E-state index in [2.05, 4.69) is 26.1 Å². The molecular formula is C23H24N3O4S+. The predicted molar refractivity (Wildman–Crippen MR) is 122 cm³/mol. The Labute approximate surface area is 185 Å². The topological polar surface area (TPSA) is 92.4 Å². The maximum Gasteiger partial charge on any atom is 0.287 e. The molecule has 0 aliphatic heterocycles. The van der Waals surface area contributed by atoms with E-state index in [0.717, 1.165) is 5.56 Å². The summed E-state index contributed by atoms with van der Waals surface area (Å²) in [5, 5.41) is 25.1. The first kappa shape index (κ1) is 22.2. The zero-order valence-electron chi connectivity index (χ0n) is 17.5. The van der Waals surface area contributed by atoms with E-state index in [1.54, 1.807) is 16.9 Å². The smallest absolute Gasteiger partial charge is 0.287 e. The van der Waals surface area contributed by atoms with Gasteiger partial charge in [0.2, 0.25) is 0 Å². The highest BCUT2D eigenvalue weighted by molar-refractivity contribution is 7.81. The van der Waals surface area contributed by atoms with Crippen LogP contribution < -0.4 is 9.88 Å². The van der Waals surface area contributed by atoms with Gasteiger partial charge in [-0.15, -0.1) is 0 Å². The number of nitrogens with zero attached hydrogens (tertiary/aromatic N) is 2. The summed E-state index contributed by atoms with van der Waals surface area (Å²) in [5.41, 5.74) is 1.82. The fourth-order valence-corrected chi connectivity index (χ4v) is 3.24. The molecule has 1 aromatic carbocycles. The largest absolute Gasteiger partial charge is 0.502 e. The van der Waals surface area contributed by atoms with Crippen molar-refractivity contribution in [3.63, 3.8) is 0 Å². The van der Waals surface area contributed by atoms with Gasteiger partial charge in [-0.3, -0.25) is 10.1 Å². The third-order valence-electron chi connectivity index (χ3n) is 4.75. The van der Waals surface area contributed by atoms with Crippen LogP contribution in [0.25, 0.3) is 11.5 Å². The van der Waals surface area contributed by atoms with Crippen molar-refractivity contribution in [2.24, 2.45) is 0 Å². The average molecular weight is 439 g/mol. The third kappa shape index (κ3) is 5.35. The Morgan fingerprint density at radius 2 is 1.81 bits per heavy atom. The lowest BCUT2D eigenvalue weighted by Gasteiger charge is -2.18. The first-order chi connectivity index (χ1) is 14.7. The van der Waals surface area contributed by atoms with Gasteiger partial charge in [-0.1, -0.05) is 33.0 Å². The summed E-state index contributed by atoms with van der Waals surface area (Å²) in [4.78, 5) is 10.8. The number of nitrogens with one attached hydrogen (secondary N) is 1. The van der Waals surface area contributed by atoms with E-state index in [4.69, 9.17) is 16.6 Å². The molecule has 2 aromatic heterocycles. The number of hydrogen-bond acceptors (Lipinski definition) is 5. The lowest BCUT2D eigenvalue weighted by Crippen LogP contribution is -2.41. The molecule has 7 nitrogen and oxygen atoms in total. The number of nitro benzene ring substituents is 1. The number of pyridine rings is 1. The van der Waals surface area contributed by atoms with Crippen molar-refractivity contribution in [2.75, 3.05) is 0 Å². The Kier molecular flexibility index (Phi) is 6.50. The van der Waals surface area contributed by atoms with Gasteiger partial charge in [0, 0.05) is 29.8 Å². The van der Waals surface area contributed by atoms with Crippen molar-refractivity contribution in [1.82, 2.24) is 5.32 Å². The first-order valence-corrected chi connectivity index (χ1v) is 10.1. The lowest BCUT2D eigenvalue weighted by molar-refractivity contribution is -0.576. The average Bonchev–Trinajstić information content (AvgIpc) is 3.26. The zero-order chi connectivity index (χ0) is 22.6. The molecule has 3 rings (SSSR count). The molecule has 0 fully saturated rings. The van der Waals surface area contributed by atoms with E-state index in [1.165, 1.54) is 24.3 Å². The Bertz CT molecular complexity index is 1100. The van der Waals surface area contributed by atoms with Gasteiger partial charge < -0.3 is 14.8 Å². The highest BCUT2D eigenvalue weighted by Crippen LogP contribution is 2.23. The third-order valence-corrected chi connectivity index (χ3v) is 5.09. The van der Waals surface area contributed by atoms with Crippen LogP contribution in [0.5, 0.6) is 0 Å². The second kappa shape index (κ2) is 9.09. The number of aromatic nitrogens is 1. The fraction of sp³-hybridized carbons (Fsp3) is 0.217. The monoisotopic (exact) mass is 438 g/mol. The molecule has 0 aliphatic carbocycles. The second-order valence-corrected chi connectivity index (χ2v) is 8.42. The Morgan fingerprint density at radius 1 is 1.16 bits per heavy atom. The van der Waals surface area contributed by atoms with Crippen LogP contribution in [0.15, 0.2) is 71.6 Å². The number of aliphatic hydroxyl groups is 1. The molecule has 0 radical (unpaired) electrons. The van der Waals surface area contributed by atoms with Gasteiger partial charge in [0.05, 0.1) is 17.7 Å².